The number of unbranched alkanes of at least 4 members (excludes halogenated alkanes) is 2. The first kappa shape index (κ1) is 25.7. The number of piperidine rings is 2. The third-order valence-electron chi connectivity index (χ3n) is 7.11. The Morgan fingerprint density at radius 1 is 1.06 bits per heavy atom. The Balaban J connectivity index is 1.89. The number of aliphatic carboxylic acids is 2. The summed E-state index contributed by atoms with van der Waals surface area (Å²) in [6.07, 6.45) is 9.05. The van der Waals surface area contributed by atoms with Crippen molar-refractivity contribution in [2.45, 2.75) is 95.8 Å². The number of benzene rings is 1. The molecule has 0 spiro atoms. The fourth-order valence-electron chi connectivity index (χ4n) is 5.70. The molecule has 0 saturated carbocycles. The number of amides is 2. The number of carboxylic acid groups (broad SMARTS) is 2. The molecule has 186 valence electrons. The van der Waals surface area contributed by atoms with Crippen molar-refractivity contribution >= 4 is 35.1 Å². The molecule has 2 amide bonds. The molecule has 0 aromatic heterocycles. The predicted molar refractivity (Wildman–Crippen MR) is 128 cm³/mol. The number of hydrogen-bond acceptors (Lipinski definition) is 5. The lowest BCUT2D eigenvalue weighted by molar-refractivity contribution is -0.149. The van der Waals surface area contributed by atoms with Crippen LogP contribution in [0.25, 0.3) is 0 Å². The second kappa shape index (κ2) is 11.5. The Hall–Kier alpha value is -2.94. The van der Waals surface area contributed by atoms with Crippen molar-refractivity contribution in [3.63, 3.8) is 0 Å². The van der Waals surface area contributed by atoms with E-state index in [4.69, 9.17) is 5.11 Å². The van der Waals surface area contributed by atoms with E-state index in [0.29, 0.717) is 18.9 Å². The van der Waals surface area contributed by atoms with Crippen LogP contribution in [-0.2, 0) is 19.2 Å². The van der Waals surface area contributed by atoms with Gasteiger partial charge in [-0.3, -0.25) is 19.4 Å². The maximum atomic E-state index is 12.9. The molecule has 1 aromatic carbocycles. The van der Waals surface area contributed by atoms with E-state index in [9.17, 15) is 24.3 Å². The van der Waals surface area contributed by atoms with Gasteiger partial charge in [-0.15, -0.1) is 0 Å². The minimum atomic E-state index is -1.66. The molecule has 2 aliphatic heterocycles. The number of fused-ring (bicyclic) bond motifs is 2. The van der Waals surface area contributed by atoms with Gasteiger partial charge in [0.15, 0.2) is 0 Å². The van der Waals surface area contributed by atoms with E-state index in [1.54, 1.807) is 18.2 Å². The van der Waals surface area contributed by atoms with Crippen molar-refractivity contribution in [1.29, 1.82) is 0 Å². The normalized spacial score (nSPS) is 23.1. The van der Waals surface area contributed by atoms with Crippen LogP contribution in [0.1, 0.15) is 71.6 Å². The molecule has 0 radical (unpaired) electrons. The number of carbonyl (C=O) groups is 4. The Labute approximate surface area is 200 Å². The summed E-state index contributed by atoms with van der Waals surface area (Å²) in [6.45, 7) is 4.45. The van der Waals surface area contributed by atoms with Gasteiger partial charge in [0.1, 0.15) is 0 Å². The number of nitrogens with one attached hydrogen (secondary N) is 1. The first-order valence-electron chi connectivity index (χ1n) is 12.2. The predicted octanol–water partition coefficient (Wildman–Crippen LogP) is 3.48. The van der Waals surface area contributed by atoms with E-state index >= 15 is 0 Å². The average molecular weight is 474 g/mol. The number of rotatable bonds is 8. The first-order valence-corrected chi connectivity index (χ1v) is 12.2. The fourth-order valence-corrected chi connectivity index (χ4v) is 5.70. The van der Waals surface area contributed by atoms with Gasteiger partial charge in [-0.25, -0.2) is 9.59 Å². The number of nitrogens with zero attached hydrogens (tertiary/aromatic N) is 2. The molecule has 3 rings (SSSR count). The second-order valence-electron chi connectivity index (χ2n) is 9.41. The van der Waals surface area contributed by atoms with E-state index < -0.39 is 23.8 Å². The highest BCUT2D eigenvalue weighted by molar-refractivity contribution is 6.39. The van der Waals surface area contributed by atoms with Crippen LogP contribution in [0.15, 0.2) is 24.3 Å². The first-order chi connectivity index (χ1) is 16.2. The van der Waals surface area contributed by atoms with Gasteiger partial charge in [0.05, 0.1) is 11.4 Å². The summed E-state index contributed by atoms with van der Waals surface area (Å²) in [6, 6.07) is 6.82. The summed E-state index contributed by atoms with van der Waals surface area (Å²) < 4.78 is 0. The highest BCUT2D eigenvalue weighted by atomic mass is 16.4. The molecule has 2 heterocycles. The molecule has 1 aromatic rings. The molecule has 34 heavy (non-hydrogen) atoms. The lowest BCUT2D eigenvalue weighted by atomic mass is 9.79. The monoisotopic (exact) mass is 473 g/mol. The molecule has 9 heteroatoms. The van der Waals surface area contributed by atoms with Crippen molar-refractivity contribution in [3.8, 4) is 0 Å². The van der Waals surface area contributed by atoms with E-state index in [2.05, 4.69) is 24.1 Å². The van der Waals surface area contributed by atoms with Crippen molar-refractivity contribution < 1.29 is 29.4 Å². The maximum absolute atomic E-state index is 12.9. The SMILES string of the molecule is CCCCC[C@@H](C)N1[C@@H]2CCC[C@H]1C[C@@H](N(C(=O)C(=O)O)c1ccccc1NC(=O)C(=O)O)C2. The number of anilines is 2. The van der Waals surface area contributed by atoms with Gasteiger partial charge < -0.3 is 15.5 Å². The lowest BCUT2D eigenvalue weighted by Gasteiger charge is -2.53. The molecule has 0 unspecified atom stereocenters. The zero-order valence-corrected chi connectivity index (χ0v) is 19.9. The van der Waals surface area contributed by atoms with Crippen molar-refractivity contribution in [3.05, 3.63) is 24.3 Å². The largest absolute Gasteiger partial charge is 0.474 e. The van der Waals surface area contributed by atoms with Crippen LogP contribution in [0, 0.1) is 0 Å². The average Bonchev–Trinajstić information content (AvgIpc) is 2.79. The highest BCUT2D eigenvalue weighted by Gasteiger charge is 2.44. The fraction of sp³-hybridized carbons (Fsp3) is 0.600. The van der Waals surface area contributed by atoms with Crippen LogP contribution >= 0.6 is 0 Å². The van der Waals surface area contributed by atoms with E-state index in [1.165, 1.54) is 30.2 Å². The van der Waals surface area contributed by atoms with Gasteiger partial charge in [0, 0.05) is 24.2 Å². The van der Waals surface area contributed by atoms with Crippen LogP contribution in [-0.4, -0.2) is 63.0 Å². The molecule has 3 N–H and O–H groups in total. The summed E-state index contributed by atoms with van der Waals surface area (Å²) in [5.41, 5.74) is 0.307. The van der Waals surface area contributed by atoms with Crippen LogP contribution < -0.4 is 10.2 Å². The van der Waals surface area contributed by atoms with Gasteiger partial charge in [-0.2, -0.15) is 0 Å². The Morgan fingerprint density at radius 2 is 1.71 bits per heavy atom. The van der Waals surface area contributed by atoms with Crippen molar-refractivity contribution in [1.82, 2.24) is 4.90 Å². The minimum absolute atomic E-state index is 0.102. The van der Waals surface area contributed by atoms with Gasteiger partial charge in [-0.1, -0.05) is 44.7 Å². The topological polar surface area (TPSA) is 127 Å². The molecule has 2 saturated heterocycles. The molecule has 2 bridgehead atoms. The maximum Gasteiger partial charge on any atom is 0.394 e. The van der Waals surface area contributed by atoms with E-state index in [-0.39, 0.29) is 29.5 Å². The Morgan fingerprint density at radius 3 is 2.29 bits per heavy atom. The van der Waals surface area contributed by atoms with Gasteiger partial charge >= 0.3 is 23.8 Å². The van der Waals surface area contributed by atoms with Crippen LogP contribution in [0.2, 0.25) is 0 Å². The molecule has 0 aliphatic carbocycles. The molecule has 2 fully saturated rings. The van der Waals surface area contributed by atoms with E-state index in [0.717, 1.165) is 25.7 Å². The molecular weight excluding hydrogens is 438 g/mol. The quantitative estimate of drug-likeness (QED) is 0.390. The number of carboxylic acids is 2. The van der Waals surface area contributed by atoms with E-state index in [1.807, 2.05) is 0 Å². The van der Waals surface area contributed by atoms with Crippen LogP contribution in [0.5, 0.6) is 0 Å². The summed E-state index contributed by atoms with van der Waals surface area (Å²) in [4.78, 5) is 51.4. The summed E-state index contributed by atoms with van der Waals surface area (Å²) in [5.74, 6) is -5.57. The number of para-hydroxylation sites is 2. The smallest absolute Gasteiger partial charge is 0.394 e. The van der Waals surface area contributed by atoms with Crippen LogP contribution in [0.3, 0.4) is 0 Å². The van der Waals surface area contributed by atoms with Gasteiger partial charge in [0.2, 0.25) is 0 Å². The lowest BCUT2D eigenvalue weighted by Crippen LogP contribution is -2.61. The zero-order valence-electron chi connectivity index (χ0n) is 19.9. The third kappa shape index (κ3) is 5.75. The van der Waals surface area contributed by atoms with Crippen molar-refractivity contribution in [2.24, 2.45) is 0 Å². The highest BCUT2D eigenvalue weighted by Crippen LogP contribution is 2.40. The summed E-state index contributed by atoms with van der Waals surface area (Å²) in [7, 11) is 0. The zero-order chi connectivity index (χ0) is 24.8. The number of hydrogen-bond donors (Lipinski definition) is 3. The summed E-state index contributed by atoms with van der Waals surface area (Å²) >= 11 is 0. The second-order valence-corrected chi connectivity index (χ2v) is 9.41. The molecular formula is C25H35N3O6. The Kier molecular flexibility index (Phi) is 8.66. The van der Waals surface area contributed by atoms with Gasteiger partial charge in [-0.05, 0) is 51.2 Å². The molecule has 9 nitrogen and oxygen atoms in total. The third-order valence-corrected chi connectivity index (χ3v) is 7.11. The summed E-state index contributed by atoms with van der Waals surface area (Å²) in [5, 5.41) is 20.9. The van der Waals surface area contributed by atoms with Crippen LogP contribution in [0.4, 0.5) is 11.4 Å². The minimum Gasteiger partial charge on any atom is -0.474 e. The number of carbonyl (C=O) groups excluding carboxylic acids is 2. The molecule has 4 atom stereocenters. The standard InChI is InChI=1S/C25H35N3O6/c1-3-4-5-9-16(2)27-17-10-8-11-18(27)15-19(14-17)28(23(30)25(33)34)21-13-7-6-12-20(21)26-22(29)24(31)32/h6-7,12-13,16-19H,3-5,8-11,14-15H2,1-2H3,(H,26,29)(H,31,32)(H,33,34)/t16-,17-,18+,19+/m1/s1. The van der Waals surface area contributed by atoms with Gasteiger partial charge in [0.25, 0.3) is 0 Å². The Bertz CT molecular complexity index is 906. The van der Waals surface area contributed by atoms with Crippen molar-refractivity contribution in [2.75, 3.05) is 10.2 Å². The molecule has 2 aliphatic rings.